The molecule has 1 aliphatic heterocycles. The van der Waals surface area contributed by atoms with Gasteiger partial charge in [-0.3, -0.25) is 10.7 Å². The lowest BCUT2D eigenvalue weighted by Crippen LogP contribution is -2.37. The number of nitrogens with two attached hydrogens (primary N) is 2. The maximum atomic E-state index is 13.0. The fourth-order valence-electron chi connectivity index (χ4n) is 4.54. The number of nitrogen functional groups attached to an aromatic ring is 1. The molecule has 4 aromatic carbocycles. The highest BCUT2D eigenvalue weighted by molar-refractivity contribution is 8.00. The number of anilines is 2. The van der Waals surface area contributed by atoms with Crippen LogP contribution in [0, 0.1) is 5.41 Å². The van der Waals surface area contributed by atoms with Gasteiger partial charge >= 0.3 is 6.09 Å². The molecule has 9 nitrogen and oxygen atoms in total. The average Bonchev–Trinajstić information content (AvgIpc) is 3.37. The third-order valence-corrected chi connectivity index (χ3v) is 8.64. The zero-order valence-electron chi connectivity index (χ0n) is 21.2. The van der Waals surface area contributed by atoms with Gasteiger partial charge in [-0.05, 0) is 41.5 Å². The van der Waals surface area contributed by atoms with Crippen LogP contribution in [0.15, 0.2) is 108 Å². The smallest absolute Gasteiger partial charge is 0.413 e. The van der Waals surface area contributed by atoms with Gasteiger partial charge in [0.05, 0.1) is 10.6 Å². The van der Waals surface area contributed by atoms with Crippen LogP contribution in [-0.4, -0.2) is 32.3 Å². The van der Waals surface area contributed by atoms with E-state index >= 15 is 0 Å². The van der Waals surface area contributed by atoms with Crippen molar-refractivity contribution in [1.29, 1.82) is 5.41 Å². The molecule has 0 radical (unpaired) electrons. The molecular formula is C29H27N5O4S2. The molecule has 4 aromatic rings. The van der Waals surface area contributed by atoms with Crippen molar-refractivity contribution in [3.05, 3.63) is 114 Å². The Balaban J connectivity index is 1.35. The number of thioether (sulfide) groups is 1. The Bertz CT molecular complexity index is 1650. The summed E-state index contributed by atoms with van der Waals surface area (Å²) in [4.78, 5) is 15.0. The predicted octanol–water partition coefficient (Wildman–Crippen LogP) is 5.11. The average molecular weight is 574 g/mol. The van der Waals surface area contributed by atoms with Gasteiger partial charge in [-0.2, -0.15) is 0 Å². The number of amidine groups is 1. The van der Waals surface area contributed by atoms with Crippen LogP contribution in [0.3, 0.4) is 0 Å². The lowest BCUT2D eigenvalue weighted by Gasteiger charge is -2.31. The quantitative estimate of drug-likeness (QED) is 0.177. The van der Waals surface area contributed by atoms with Crippen molar-refractivity contribution in [2.24, 2.45) is 10.9 Å². The second-order valence-electron chi connectivity index (χ2n) is 9.07. The minimum atomic E-state index is -3.90. The number of amides is 1. The molecule has 6 N–H and O–H groups in total. The summed E-state index contributed by atoms with van der Waals surface area (Å²) < 4.78 is 29.8. The highest BCUT2D eigenvalue weighted by Crippen LogP contribution is 2.44. The largest absolute Gasteiger partial charge is 0.424 e. The molecule has 1 fully saturated rings. The van der Waals surface area contributed by atoms with Crippen molar-refractivity contribution >= 4 is 45.1 Å². The van der Waals surface area contributed by atoms with Crippen LogP contribution in [0.1, 0.15) is 16.5 Å². The monoisotopic (exact) mass is 573 g/mol. The molecule has 0 aromatic heterocycles. The molecule has 0 saturated carbocycles. The number of nitrogens with one attached hydrogen (secondary N) is 2. The lowest BCUT2D eigenvalue weighted by atomic mass is 10.1. The predicted molar refractivity (Wildman–Crippen MR) is 159 cm³/mol. The maximum absolute atomic E-state index is 13.0. The van der Waals surface area contributed by atoms with Gasteiger partial charge in [0, 0.05) is 22.5 Å². The molecular weight excluding hydrogens is 546 g/mol. The van der Waals surface area contributed by atoms with E-state index < -0.39 is 22.3 Å². The Hall–Kier alpha value is -4.32. The normalized spacial score (nSPS) is 16.9. The van der Waals surface area contributed by atoms with Gasteiger partial charge in [-0.15, -0.1) is 11.8 Å². The van der Waals surface area contributed by atoms with Gasteiger partial charge in [0.15, 0.2) is 6.23 Å². The first-order chi connectivity index (χ1) is 19.2. The van der Waals surface area contributed by atoms with Crippen molar-refractivity contribution in [2.45, 2.75) is 16.5 Å². The molecule has 0 bridgehead atoms. The summed E-state index contributed by atoms with van der Waals surface area (Å²) in [5.41, 5.74) is 9.74. The van der Waals surface area contributed by atoms with E-state index in [9.17, 15) is 13.2 Å². The van der Waals surface area contributed by atoms with E-state index in [1.807, 2.05) is 53.4 Å². The van der Waals surface area contributed by atoms with Crippen LogP contribution in [0.4, 0.5) is 16.2 Å². The van der Waals surface area contributed by atoms with Crippen LogP contribution >= 0.6 is 11.8 Å². The number of primary sulfonamides is 1. The first-order valence-corrected chi connectivity index (χ1v) is 14.9. The fraction of sp³-hybridized carbons (Fsp3) is 0.103. The molecule has 0 spiro atoms. The fourth-order valence-corrected chi connectivity index (χ4v) is 6.65. The number of carbonyl (C=O) groups excluding carboxylic acids is 1. The molecule has 2 unspecified atom stereocenters. The van der Waals surface area contributed by atoms with E-state index in [1.54, 1.807) is 60.3 Å². The Morgan fingerprint density at radius 2 is 1.65 bits per heavy atom. The third-order valence-electron chi connectivity index (χ3n) is 6.38. The number of ether oxygens (including phenoxy) is 1. The van der Waals surface area contributed by atoms with Crippen LogP contribution < -0.4 is 21.1 Å². The first kappa shape index (κ1) is 27.3. The van der Waals surface area contributed by atoms with Crippen LogP contribution in [-0.2, 0) is 14.8 Å². The number of carbonyl (C=O) groups is 1. The minimum Gasteiger partial charge on any atom is -0.424 e. The summed E-state index contributed by atoms with van der Waals surface area (Å²) in [5, 5.41) is 15.9. The zero-order valence-corrected chi connectivity index (χ0v) is 22.9. The standard InChI is InChI=1S/C29H27N5O4S2/c30-27(31)21-9-6-10-23(17-21)34-26(18-39-28(34)20-7-2-1-3-8-20)38-29(35)33-22-15-13-19(14-16-22)24-11-4-5-12-25(24)40(32,36)37/h1-17,26,28H,18H2,(H3,30,31)(H,33,35)(H2,32,36,37). The summed E-state index contributed by atoms with van der Waals surface area (Å²) in [5.74, 6) is 0.482. The van der Waals surface area contributed by atoms with E-state index in [4.69, 9.17) is 21.0 Å². The van der Waals surface area contributed by atoms with Crippen molar-refractivity contribution in [2.75, 3.05) is 16.0 Å². The maximum Gasteiger partial charge on any atom is 0.413 e. The van der Waals surface area contributed by atoms with Crippen molar-refractivity contribution in [1.82, 2.24) is 0 Å². The van der Waals surface area contributed by atoms with Crippen LogP contribution in [0.25, 0.3) is 11.1 Å². The molecule has 1 saturated heterocycles. The second-order valence-corrected chi connectivity index (χ2v) is 11.7. The number of rotatable bonds is 7. The van der Waals surface area contributed by atoms with E-state index in [-0.39, 0.29) is 16.1 Å². The van der Waals surface area contributed by atoms with Crippen LogP contribution in [0.2, 0.25) is 0 Å². The number of hydrogen-bond donors (Lipinski definition) is 4. The number of nitrogens with zero attached hydrogens (tertiary/aromatic N) is 1. The molecule has 204 valence electrons. The Labute approximate surface area is 236 Å². The van der Waals surface area contributed by atoms with Gasteiger partial charge in [-0.25, -0.2) is 18.4 Å². The Kier molecular flexibility index (Phi) is 7.78. The molecule has 5 rings (SSSR count). The van der Waals surface area contributed by atoms with Gasteiger partial charge in [0.25, 0.3) is 0 Å². The third kappa shape index (κ3) is 5.96. The highest BCUT2D eigenvalue weighted by Gasteiger charge is 2.38. The van der Waals surface area contributed by atoms with Gasteiger partial charge in [0.1, 0.15) is 11.2 Å². The Morgan fingerprint density at radius 3 is 2.35 bits per heavy atom. The highest BCUT2D eigenvalue weighted by atomic mass is 32.2. The summed E-state index contributed by atoms with van der Waals surface area (Å²) in [7, 11) is -3.90. The van der Waals surface area contributed by atoms with E-state index in [2.05, 4.69) is 5.32 Å². The molecule has 1 aliphatic rings. The molecule has 11 heteroatoms. The van der Waals surface area contributed by atoms with Crippen molar-refractivity contribution < 1.29 is 17.9 Å². The number of benzene rings is 4. The second kappa shape index (κ2) is 11.4. The molecule has 40 heavy (non-hydrogen) atoms. The summed E-state index contributed by atoms with van der Waals surface area (Å²) in [6, 6.07) is 30.4. The van der Waals surface area contributed by atoms with Gasteiger partial charge < -0.3 is 15.4 Å². The summed E-state index contributed by atoms with van der Waals surface area (Å²) in [6.45, 7) is 0. The van der Waals surface area contributed by atoms with E-state index in [0.717, 1.165) is 11.3 Å². The minimum absolute atomic E-state index is 0.0238. The summed E-state index contributed by atoms with van der Waals surface area (Å²) >= 11 is 1.65. The molecule has 0 aliphatic carbocycles. The van der Waals surface area contributed by atoms with Crippen molar-refractivity contribution in [3.63, 3.8) is 0 Å². The summed E-state index contributed by atoms with van der Waals surface area (Å²) in [6.07, 6.45) is -1.22. The molecule has 1 heterocycles. The molecule has 1 amide bonds. The number of hydrogen-bond acceptors (Lipinski definition) is 7. The topological polar surface area (TPSA) is 152 Å². The number of sulfonamides is 1. The molecule has 2 atom stereocenters. The van der Waals surface area contributed by atoms with Gasteiger partial charge in [0.2, 0.25) is 10.0 Å². The first-order valence-electron chi connectivity index (χ1n) is 12.3. The van der Waals surface area contributed by atoms with Crippen LogP contribution in [0.5, 0.6) is 0 Å². The van der Waals surface area contributed by atoms with Crippen molar-refractivity contribution in [3.8, 4) is 11.1 Å². The lowest BCUT2D eigenvalue weighted by molar-refractivity contribution is 0.122. The van der Waals surface area contributed by atoms with Gasteiger partial charge in [-0.1, -0.05) is 72.8 Å². The zero-order chi connectivity index (χ0) is 28.3. The van der Waals surface area contributed by atoms with E-state index in [1.165, 1.54) is 6.07 Å². The Morgan fingerprint density at radius 1 is 0.950 bits per heavy atom. The van der Waals surface area contributed by atoms with E-state index in [0.29, 0.717) is 28.1 Å². The SMILES string of the molecule is N=C(N)c1cccc(N2C(OC(=O)Nc3ccc(-c4ccccc4S(N)(=O)=O)cc3)CSC2c2ccccc2)c1.